The second-order valence-electron chi connectivity index (χ2n) is 3.96. The van der Waals surface area contributed by atoms with E-state index in [0.29, 0.717) is 0 Å². The highest BCUT2D eigenvalue weighted by Crippen LogP contribution is 2.18. The maximum atomic E-state index is 5.88. The molecule has 0 spiro atoms. The fraction of sp³-hybridized carbons (Fsp3) is 0.556. The molecule has 13 heavy (non-hydrogen) atoms. The lowest BCUT2D eigenvalue weighted by molar-refractivity contribution is 0.0737. The third-order valence-corrected chi connectivity index (χ3v) is 2.15. The molecule has 1 aromatic rings. The maximum absolute atomic E-state index is 5.88. The Hall–Kier alpha value is -1.00. The fourth-order valence-electron chi connectivity index (χ4n) is 1.70. The van der Waals surface area contributed by atoms with Crippen molar-refractivity contribution >= 4 is 0 Å². The average Bonchev–Trinajstić information content (AvgIpc) is 2.03. The molecule has 1 saturated heterocycles. The molecule has 1 fully saturated rings. The smallest absolute Gasteiger partial charge is 0.142 e. The second-order valence-corrected chi connectivity index (χ2v) is 3.96. The summed E-state index contributed by atoms with van der Waals surface area (Å²) in [5.74, 6) is 0.873. The lowest BCUT2D eigenvalue weighted by atomic mass is 9.94. The molecule has 0 aromatic carbocycles. The van der Waals surface area contributed by atoms with Gasteiger partial charge in [0, 0.05) is 31.0 Å². The van der Waals surface area contributed by atoms with E-state index in [9.17, 15) is 0 Å². The van der Waals surface area contributed by atoms with Gasteiger partial charge >= 0.3 is 0 Å². The van der Waals surface area contributed by atoms with Crippen LogP contribution in [0.4, 0.5) is 0 Å². The van der Waals surface area contributed by atoms with E-state index in [1.54, 1.807) is 12.4 Å². The third kappa shape index (κ3) is 2.02. The highest BCUT2D eigenvalue weighted by atomic mass is 15.3. The van der Waals surface area contributed by atoms with Gasteiger partial charge in [0.25, 0.3) is 0 Å². The molecule has 2 rings (SSSR count). The normalized spacial score (nSPS) is 21.1. The minimum Gasteiger partial charge on any atom is -0.323 e. The van der Waals surface area contributed by atoms with Crippen LogP contribution in [0.2, 0.25) is 0 Å². The van der Waals surface area contributed by atoms with E-state index in [4.69, 9.17) is 5.73 Å². The van der Waals surface area contributed by atoms with Crippen LogP contribution < -0.4 is 5.73 Å². The summed E-state index contributed by atoms with van der Waals surface area (Å²) in [6.45, 7) is 4.75. The number of likely N-dealkylation sites (tertiary alicyclic amines) is 1. The third-order valence-electron chi connectivity index (χ3n) is 2.15. The van der Waals surface area contributed by atoms with Gasteiger partial charge < -0.3 is 5.73 Å². The molecule has 0 saturated carbocycles. The number of nitrogens with zero attached hydrogens (tertiary/aromatic N) is 3. The number of aromatic nitrogens is 2. The summed E-state index contributed by atoms with van der Waals surface area (Å²) in [4.78, 5) is 10.6. The standard InChI is InChI=1S/C9H14N4/c1-9(10)6-13(7-9)5-8-11-3-2-4-12-8/h2-4H,5-7,10H2,1H3. The van der Waals surface area contributed by atoms with Gasteiger partial charge in [-0.15, -0.1) is 0 Å². The second kappa shape index (κ2) is 3.05. The Morgan fingerprint density at radius 2 is 2.08 bits per heavy atom. The quantitative estimate of drug-likeness (QED) is 0.693. The van der Waals surface area contributed by atoms with Crippen LogP contribution in [0.5, 0.6) is 0 Å². The van der Waals surface area contributed by atoms with Gasteiger partial charge in [0.05, 0.1) is 6.54 Å². The van der Waals surface area contributed by atoms with Gasteiger partial charge in [-0.1, -0.05) is 0 Å². The summed E-state index contributed by atoms with van der Waals surface area (Å²) >= 11 is 0. The van der Waals surface area contributed by atoms with E-state index < -0.39 is 0 Å². The van der Waals surface area contributed by atoms with Gasteiger partial charge in [-0.05, 0) is 13.0 Å². The van der Waals surface area contributed by atoms with Gasteiger partial charge in [0.1, 0.15) is 5.82 Å². The first-order valence-corrected chi connectivity index (χ1v) is 4.43. The summed E-state index contributed by atoms with van der Waals surface area (Å²) < 4.78 is 0. The Morgan fingerprint density at radius 1 is 1.46 bits per heavy atom. The Morgan fingerprint density at radius 3 is 2.62 bits per heavy atom. The van der Waals surface area contributed by atoms with Gasteiger partial charge in [0.2, 0.25) is 0 Å². The minimum absolute atomic E-state index is 0.00518. The molecule has 0 amide bonds. The molecular formula is C9H14N4. The highest BCUT2D eigenvalue weighted by molar-refractivity contribution is 4.98. The van der Waals surface area contributed by atoms with Crippen LogP contribution in [0.1, 0.15) is 12.7 Å². The molecular weight excluding hydrogens is 164 g/mol. The molecule has 4 heteroatoms. The molecule has 0 radical (unpaired) electrons. The lowest BCUT2D eigenvalue weighted by Crippen LogP contribution is -2.64. The Kier molecular flexibility index (Phi) is 2.01. The van der Waals surface area contributed by atoms with Gasteiger partial charge in [-0.25, -0.2) is 9.97 Å². The van der Waals surface area contributed by atoms with Crippen molar-refractivity contribution < 1.29 is 0 Å². The van der Waals surface area contributed by atoms with Crippen molar-refractivity contribution in [3.05, 3.63) is 24.3 Å². The topological polar surface area (TPSA) is 55.0 Å². The molecule has 1 aliphatic rings. The van der Waals surface area contributed by atoms with Crippen molar-refractivity contribution in [1.29, 1.82) is 0 Å². The summed E-state index contributed by atoms with van der Waals surface area (Å²) in [6.07, 6.45) is 3.54. The molecule has 2 heterocycles. The van der Waals surface area contributed by atoms with Crippen LogP contribution in [0.15, 0.2) is 18.5 Å². The molecule has 70 valence electrons. The van der Waals surface area contributed by atoms with Gasteiger partial charge in [-0.2, -0.15) is 0 Å². The SMILES string of the molecule is CC1(N)CN(Cc2ncccn2)C1. The van der Waals surface area contributed by atoms with E-state index in [1.807, 2.05) is 6.07 Å². The molecule has 0 aliphatic carbocycles. The van der Waals surface area contributed by atoms with Gasteiger partial charge in [-0.3, -0.25) is 4.90 Å². The largest absolute Gasteiger partial charge is 0.323 e. The van der Waals surface area contributed by atoms with Gasteiger partial charge in [0.15, 0.2) is 0 Å². The highest BCUT2D eigenvalue weighted by Gasteiger charge is 2.34. The first-order valence-electron chi connectivity index (χ1n) is 4.43. The van der Waals surface area contributed by atoms with Crippen molar-refractivity contribution in [3.63, 3.8) is 0 Å². The number of nitrogens with two attached hydrogens (primary N) is 1. The zero-order valence-electron chi connectivity index (χ0n) is 7.77. The van der Waals surface area contributed by atoms with Crippen LogP contribution in [0.25, 0.3) is 0 Å². The van der Waals surface area contributed by atoms with Crippen molar-refractivity contribution in [2.45, 2.75) is 19.0 Å². The van der Waals surface area contributed by atoms with Crippen LogP contribution >= 0.6 is 0 Å². The first kappa shape index (κ1) is 8.59. The van der Waals surface area contributed by atoms with Crippen molar-refractivity contribution in [2.75, 3.05) is 13.1 Å². The molecule has 4 nitrogen and oxygen atoms in total. The zero-order chi connectivity index (χ0) is 9.31. The molecule has 2 N–H and O–H groups in total. The Balaban J connectivity index is 1.88. The van der Waals surface area contributed by atoms with E-state index in [-0.39, 0.29) is 5.54 Å². The molecule has 1 aromatic heterocycles. The van der Waals surface area contributed by atoms with Crippen LogP contribution in [-0.4, -0.2) is 33.5 Å². The van der Waals surface area contributed by atoms with Crippen molar-refractivity contribution in [3.8, 4) is 0 Å². The summed E-state index contributed by atoms with van der Waals surface area (Å²) in [7, 11) is 0. The average molecular weight is 178 g/mol. The lowest BCUT2D eigenvalue weighted by Gasteiger charge is -2.45. The molecule has 0 unspecified atom stereocenters. The van der Waals surface area contributed by atoms with E-state index in [2.05, 4.69) is 21.8 Å². The Labute approximate surface area is 77.8 Å². The summed E-state index contributed by atoms with van der Waals surface area (Å²) in [5, 5.41) is 0. The predicted octanol–water partition coefficient (Wildman–Crippen LogP) is 0.00960. The predicted molar refractivity (Wildman–Crippen MR) is 49.9 cm³/mol. The zero-order valence-corrected chi connectivity index (χ0v) is 7.77. The molecule has 0 bridgehead atoms. The van der Waals surface area contributed by atoms with E-state index >= 15 is 0 Å². The number of rotatable bonds is 2. The van der Waals surface area contributed by atoms with Crippen LogP contribution in [-0.2, 0) is 6.54 Å². The van der Waals surface area contributed by atoms with E-state index in [0.717, 1.165) is 25.5 Å². The van der Waals surface area contributed by atoms with Crippen molar-refractivity contribution in [1.82, 2.24) is 14.9 Å². The van der Waals surface area contributed by atoms with Crippen molar-refractivity contribution in [2.24, 2.45) is 5.73 Å². The Bertz CT molecular complexity index is 275. The van der Waals surface area contributed by atoms with Crippen LogP contribution in [0.3, 0.4) is 0 Å². The summed E-state index contributed by atoms with van der Waals surface area (Å²) in [5.41, 5.74) is 5.88. The van der Waals surface area contributed by atoms with Crippen LogP contribution in [0, 0.1) is 0 Å². The van der Waals surface area contributed by atoms with E-state index in [1.165, 1.54) is 0 Å². The minimum atomic E-state index is -0.00518. The first-order chi connectivity index (χ1) is 6.16. The molecule has 0 atom stereocenters. The monoisotopic (exact) mass is 178 g/mol. The number of hydrogen-bond acceptors (Lipinski definition) is 4. The summed E-state index contributed by atoms with van der Waals surface area (Å²) in [6, 6.07) is 1.83. The molecule has 1 aliphatic heterocycles. The fourth-order valence-corrected chi connectivity index (χ4v) is 1.70. The number of hydrogen-bond donors (Lipinski definition) is 1. The maximum Gasteiger partial charge on any atom is 0.142 e.